The van der Waals surface area contributed by atoms with Crippen LogP contribution in [-0.2, 0) is 0 Å². The third-order valence-electron chi connectivity index (χ3n) is 3.72. The van der Waals surface area contributed by atoms with Gasteiger partial charge in [-0.3, -0.25) is 11.3 Å². The minimum Gasteiger partial charge on any atom is -0.490 e. The van der Waals surface area contributed by atoms with Crippen LogP contribution in [0.2, 0.25) is 0 Å². The van der Waals surface area contributed by atoms with Gasteiger partial charge >= 0.3 is 0 Å². The summed E-state index contributed by atoms with van der Waals surface area (Å²) in [6.07, 6.45) is 6.98. The lowest BCUT2D eigenvalue weighted by molar-refractivity contribution is 0.297. The Balaban J connectivity index is 2.00. The molecule has 4 nitrogen and oxygen atoms in total. The Bertz CT molecular complexity index is 409. The molecule has 112 valence electrons. The van der Waals surface area contributed by atoms with E-state index in [0.717, 1.165) is 30.9 Å². The summed E-state index contributed by atoms with van der Waals surface area (Å²) in [5.74, 6) is 7.39. The molecule has 4 heteroatoms. The minimum absolute atomic E-state index is 0.184. The van der Waals surface area contributed by atoms with Crippen molar-refractivity contribution in [3.63, 3.8) is 0 Å². The Morgan fingerprint density at radius 3 is 2.70 bits per heavy atom. The van der Waals surface area contributed by atoms with Crippen molar-refractivity contribution in [3.8, 4) is 11.5 Å². The summed E-state index contributed by atoms with van der Waals surface area (Å²) in [6, 6.07) is 6.32. The lowest BCUT2D eigenvalue weighted by Gasteiger charge is -2.18. The van der Waals surface area contributed by atoms with E-state index in [1.807, 2.05) is 6.07 Å². The quantitative estimate of drug-likeness (QED) is 0.456. The fourth-order valence-corrected chi connectivity index (χ4v) is 2.52. The standard InChI is InChI=1S/C16H26N2O2/c1-2-3-4-5-7-14(18-17)13-8-9-15-16(12-13)20-11-6-10-19-15/h8-9,12,14,18H,2-7,10-11,17H2,1H3. The van der Waals surface area contributed by atoms with Gasteiger partial charge in [0, 0.05) is 12.5 Å². The van der Waals surface area contributed by atoms with Gasteiger partial charge in [-0.15, -0.1) is 0 Å². The summed E-state index contributed by atoms with van der Waals surface area (Å²) in [7, 11) is 0. The third-order valence-corrected chi connectivity index (χ3v) is 3.72. The second kappa shape index (κ2) is 8.12. The van der Waals surface area contributed by atoms with Crippen LogP contribution in [0.5, 0.6) is 11.5 Å². The van der Waals surface area contributed by atoms with Crippen LogP contribution in [0.25, 0.3) is 0 Å². The lowest BCUT2D eigenvalue weighted by atomic mass is 10.00. The van der Waals surface area contributed by atoms with Crippen LogP contribution in [-0.4, -0.2) is 13.2 Å². The highest BCUT2D eigenvalue weighted by atomic mass is 16.5. The number of benzene rings is 1. The van der Waals surface area contributed by atoms with Gasteiger partial charge in [0.05, 0.1) is 13.2 Å². The number of hydrazine groups is 1. The smallest absolute Gasteiger partial charge is 0.161 e. The maximum atomic E-state index is 5.73. The van der Waals surface area contributed by atoms with Gasteiger partial charge in [-0.25, -0.2) is 0 Å². The Labute approximate surface area is 121 Å². The predicted molar refractivity (Wildman–Crippen MR) is 80.9 cm³/mol. The van der Waals surface area contributed by atoms with Crippen molar-refractivity contribution in [1.29, 1.82) is 0 Å². The molecule has 0 aliphatic carbocycles. The highest BCUT2D eigenvalue weighted by molar-refractivity contribution is 5.44. The number of hydrogen-bond donors (Lipinski definition) is 2. The first-order chi connectivity index (χ1) is 9.85. The number of rotatable bonds is 7. The molecular weight excluding hydrogens is 252 g/mol. The summed E-state index contributed by atoms with van der Waals surface area (Å²) in [4.78, 5) is 0. The van der Waals surface area contributed by atoms with Crippen LogP contribution in [0.4, 0.5) is 0 Å². The minimum atomic E-state index is 0.184. The Kier molecular flexibility index (Phi) is 6.15. The van der Waals surface area contributed by atoms with Gasteiger partial charge in [0.1, 0.15) is 0 Å². The molecule has 0 aromatic heterocycles. The van der Waals surface area contributed by atoms with Crippen LogP contribution < -0.4 is 20.7 Å². The summed E-state index contributed by atoms with van der Waals surface area (Å²) < 4.78 is 11.4. The van der Waals surface area contributed by atoms with E-state index in [4.69, 9.17) is 15.3 Å². The molecule has 0 radical (unpaired) electrons. The van der Waals surface area contributed by atoms with E-state index in [2.05, 4.69) is 24.5 Å². The van der Waals surface area contributed by atoms with Gasteiger partial charge in [-0.1, -0.05) is 38.7 Å². The van der Waals surface area contributed by atoms with E-state index in [-0.39, 0.29) is 6.04 Å². The van der Waals surface area contributed by atoms with E-state index < -0.39 is 0 Å². The summed E-state index contributed by atoms with van der Waals surface area (Å²) >= 11 is 0. The van der Waals surface area contributed by atoms with Crippen molar-refractivity contribution in [3.05, 3.63) is 23.8 Å². The van der Waals surface area contributed by atoms with E-state index in [1.165, 1.54) is 31.2 Å². The van der Waals surface area contributed by atoms with Crippen molar-refractivity contribution in [2.24, 2.45) is 5.84 Å². The second-order valence-corrected chi connectivity index (χ2v) is 5.33. The first-order valence-electron chi connectivity index (χ1n) is 7.71. The Morgan fingerprint density at radius 1 is 1.15 bits per heavy atom. The summed E-state index contributed by atoms with van der Waals surface area (Å²) in [5.41, 5.74) is 4.10. The summed E-state index contributed by atoms with van der Waals surface area (Å²) in [5, 5.41) is 0. The molecule has 0 saturated carbocycles. The van der Waals surface area contributed by atoms with Crippen molar-refractivity contribution in [2.75, 3.05) is 13.2 Å². The van der Waals surface area contributed by atoms with Gasteiger partial charge in [0.25, 0.3) is 0 Å². The van der Waals surface area contributed by atoms with Gasteiger partial charge in [0.2, 0.25) is 0 Å². The van der Waals surface area contributed by atoms with E-state index in [0.29, 0.717) is 6.61 Å². The van der Waals surface area contributed by atoms with E-state index in [9.17, 15) is 0 Å². The summed E-state index contributed by atoms with van der Waals surface area (Å²) in [6.45, 7) is 3.66. The third kappa shape index (κ3) is 4.12. The normalized spacial score (nSPS) is 15.7. The molecule has 0 spiro atoms. The second-order valence-electron chi connectivity index (χ2n) is 5.33. The van der Waals surface area contributed by atoms with Crippen molar-refractivity contribution >= 4 is 0 Å². The molecule has 1 atom stereocenters. The van der Waals surface area contributed by atoms with Crippen LogP contribution >= 0.6 is 0 Å². The molecule has 0 saturated heterocycles. The van der Waals surface area contributed by atoms with Crippen molar-refractivity contribution in [1.82, 2.24) is 5.43 Å². The van der Waals surface area contributed by atoms with Gasteiger partial charge in [-0.2, -0.15) is 0 Å². The highest BCUT2D eigenvalue weighted by Gasteiger charge is 2.15. The van der Waals surface area contributed by atoms with Crippen LogP contribution in [0.3, 0.4) is 0 Å². The predicted octanol–water partition coefficient (Wildman–Crippen LogP) is 3.32. The number of hydrogen-bond acceptors (Lipinski definition) is 4. The molecular formula is C16H26N2O2. The molecule has 1 aliphatic heterocycles. The molecule has 3 N–H and O–H groups in total. The fourth-order valence-electron chi connectivity index (χ4n) is 2.52. The zero-order chi connectivity index (χ0) is 14.2. The molecule has 20 heavy (non-hydrogen) atoms. The number of nitrogens with two attached hydrogens (primary N) is 1. The average Bonchev–Trinajstić information content (AvgIpc) is 2.72. The molecule has 1 aromatic carbocycles. The SMILES string of the molecule is CCCCCCC(NN)c1ccc2c(c1)OCCCO2. The van der Waals surface area contributed by atoms with Gasteiger partial charge < -0.3 is 9.47 Å². The molecule has 1 heterocycles. The van der Waals surface area contributed by atoms with E-state index >= 15 is 0 Å². The molecule has 2 rings (SSSR count). The van der Waals surface area contributed by atoms with Gasteiger partial charge in [0.15, 0.2) is 11.5 Å². The molecule has 1 unspecified atom stereocenters. The Hall–Kier alpha value is -1.26. The van der Waals surface area contributed by atoms with Crippen LogP contribution in [0, 0.1) is 0 Å². The van der Waals surface area contributed by atoms with Crippen molar-refractivity contribution in [2.45, 2.75) is 51.5 Å². The molecule has 0 amide bonds. The van der Waals surface area contributed by atoms with Gasteiger partial charge in [-0.05, 0) is 24.1 Å². The van der Waals surface area contributed by atoms with Crippen molar-refractivity contribution < 1.29 is 9.47 Å². The number of ether oxygens (including phenoxy) is 2. The monoisotopic (exact) mass is 278 g/mol. The topological polar surface area (TPSA) is 56.5 Å². The zero-order valence-electron chi connectivity index (χ0n) is 12.4. The van der Waals surface area contributed by atoms with Crippen LogP contribution in [0.1, 0.15) is 57.1 Å². The average molecular weight is 278 g/mol. The Morgan fingerprint density at radius 2 is 1.95 bits per heavy atom. The molecule has 1 aromatic rings. The first kappa shape index (κ1) is 15.1. The van der Waals surface area contributed by atoms with E-state index in [1.54, 1.807) is 0 Å². The maximum Gasteiger partial charge on any atom is 0.161 e. The largest absolute Gasteiger partial charge is 0.490 e. The highest BCUT2D eigenvalue weighted by Crippen LogP contribution is 2.33. The molecule has 0 bridgehead atoms. The zero-order valence-corrected chi connectivity index (χ0v) is 12.4. The van der Waals surface area contributed by atoms with Crippen LogP contribution in [0.15, 0.2) is 18.2 Å². The maximum absolute atomic E-state index is 5.73. The lowest BCUT2D eigenvalue weighted by Crippen LogP contribution is -2.28. The molecule has 1 aliphatic rings. The number of unbranched alkanes of at least 4 members (excludes halogenated alkanes) is 3. The first-order valence-corrected chi connectivity index (χ1v) is 7.71. The fraction of sp³-hybridized carbons (Fsp3) is 0.625. The number of fused-ring (bicyclic) bond motifs is 1. The number of nitrogens with one attached hydrogen (secondary N) is 1. The molecule has 0 fully saturated rings.